The van der Waals surface area contributed by atoms with Crippen LogP contribution in [0, 0.1) is 18.8 Å². The summed E-state index contributed by atoms with van der Waals surface area (Å²) in [5.74, 6) is 4.93. The van der Waals surface area contributed by atoms with Crippen LogP contribution in [0.3, 0.4) is 0 Å². The number of hydrogen-bond acceptors (Lipinski definition) is 4. The van der Waals surface area contributed by atoms with Gasteiger partial charge in [-0.25, -0.2) is 13.6 Å². The summed E-state index contributed by atoms with van der Waals surface area (Å²) in [5, 5.41) is 7.34. The Labute approximate surface area is 118 Å². The predicted octanol–water partition coefficient (Wildman–Crippen LogP) is -0.676. The van der Waals surface area contributed by atoms with Crippen LogP contribution in [0.15, 0.2) is 18.2 Å². The third-order valence-corrected chi connectivity index (χ3v) is 3.27. The maximum absolute atomic E-state index is 11.8. The molecule has 0 unspecified atom stereocenters. The van der Waals surface area contributed by atoms with Crippen molar-refractivity contribution in [2.75, 3.05) is 18.8 Å². The molecule has 108 valence electrons. The van der Waals surface area contributed by atoms with Crippen LogP contribution in [0.25, 0.3) is 0 Å². The number of hydrogen-bond donors (Lipinski definition) is 3. The first kappa shape index (κ1) is 16.2. The van der Waals surface area contributed by atoms with Crippen LogP contribution in [0.2, 0.25) is 0 Å². The summed E-state index contributed by atoms with van der Waals surface area (Å²) in [5.41, 5.74) is 7.37. The number of carbonyl (C=O) groups is 1. The summed E-state index contributed by atoms with van der Waals surface area (Å²) in [4.78, 5) is 11.8. The smallest absolute Gasteiger partial charge is 0.251 e. The van der Waals surface area contributed by atoms with E-state index in [2.05, 4.69) is 17.2 Å². The zero-order valence-electron chi connectivity index (χ0n) is 11.1. The average molecular weight is 295 g/mol. The second kappa shape index (κ2) is 7.05. The van der Waals surface area contributed by atoms with Crippen molar-refractivity contribution in [3.63, 3.8) is 0 Å². The van der Waals surface area contributed by atoms with Crippen molar-refractivity contribution >= 4 is 15.9 Å². The normalized spacial score (nSPS) is 10.6. The molecule has 0 aliphatic carbocycles. The molecule has 0 fully saturated rings. The van der Waals surface area contributed by atoms with Crippen LogP contribution in [0.1, 0.15) is 21.5 Å². The molecule has 6 nitrogen and oxygen atoms in total. The number of benzene rings is 1. The first-order chi connectivity index (χ1) is 9.33. The van der Waals surface area contributed by atoms with Crippen LogP contribution in [0.5, 0.6) is 0 Å². The average Bonchev–Trinajstić information content (AvgIpc) is 2.36. The summed E-state index contributed by atoms with van der Waals surface area (Å²) in [6.45, 7) is 2.09. The lowest BCUT2D eigenvalue weighted by Crippen LogP contribution is -2.31. The van der Waals surface area contributed by atoms with E-state index in [-0.39, 0.29) is 24.7 Å². The van der Waals surface area contributed by atoms with E-state index in [1.54, 1.807) is 18.2 Å². The van der Waals surface area contributed by atoms with E-state index in [1.165, 1.54) is 0 Å². The fraction of sp³-hybridized carbons (Fsp3) is 0.308. The van der Waals surface area contributed by atoms with Crippen LogP contribution in [0.4, 0.5) is 0 Å². The summed E-state index contributed by atoms with van der Waals surface area (Å²) in [6.07, 6.45) is 0. The molecule has 7 heteroatoms. The van der Waals surface area contributed by atoms with Gasteiger partial charge in [-0.05, 0) is 24.6 Å². The molecule has 1 amide bonds. The fourth-order valence-corrected chi connectivity index (χ4v) is 1.84. The molecular formula is C13H17N3O3S. The van der Waals surface area contributed by atoms with E-state index in [9.17, 15) is 13.2 Å². The van der Waals surface area contributed by atoms with Gasteiger partial charge in [0.2, 0.25) is 10.0 Å². The second-order valence-electron chi connectivity index (χ2n) is 4.16. The highest BCUT2D eigenvalue weighted by Gasteiger charge is 2.08. The lowest BCUT2D eigenvalue weighted by Gasteiger charge is -2.06. The molecule has 0 aromatic heterocycles. The van der Waals surface area contributed by atoms with Gasteiger partial charge in [-0.3, -0.25) is 4.79 Å². The predicted molar refractivity (Wildman–Crippen MR) is 77.4 cm³/mol. The molecule has 0 aliphatic rings. The zero-order chi connectivity index (χ0) is 15.2. The largest absolute Gasteiger partial charge is 0.351 e. The maximum atomic E-state index is 11.8. The quantitative estimate of drug-likeness (QED) is 0.638. The lowest BCUT2D eigenvalue weighted by molar-refractivity contribution is 0.0956. The van der Waals surface area contributed by atoms with Gasteiger partial charge in [-0.2, -0.15) is 0 Å². The Morgan fingerprint density at radius 2 is 2.10 bits per heavy atom. The first-order valence-electron chi connectivity index (χ1n) is 5.92. The van der Waals surface area contributed by atoms with Crippen molar-refractivity contribution in [3.05, 3.63) is 34.9 Å². The van der Waals surface area contributed by atoms with Crippen molar-refractivity contribution in [1.82, 2.24) is 5.32 Å². The highest BCUT2D eigenvalue weighted by atomic mass is 32.2. The molecule has 5 N–H and O–H groups in total. The highest BCUT2D eigenvalue weighted by molar-refractivity contribution is 7.89. The third-order valence-electron chi connectivity index (χ3n) is 2.50. The first-order valence-corrected chi connectivity index (χ1v) is 7.63. The number of sulfonamides is 1. The molecular weight excluding hydrogens is 278 g/mol. The van der Waals surface area contributed by atoms with E-state index in [4.69, 9.17) is 10.9 Å². The topological polar surface area (TPSA) is 115 Å². The standard InChI is InChI=1S/C13H17N3O3S/c1-10-4-5-12(9-11(10)3-2-6-14)13(17)16-7-8-20(15,18)19/h4-5,9H,6-8,14H2,1H3,(H,16,17)(H2,15,18,19). The van der Waals surface area contributed by atoms with Crippen LogP contribution < -0.4 is 16.2 Å². The minimum Gasteiger partial charge on any atom is -0.351 e. The van der Waals surface area contributed by atoms with Gasteiger partial charge in [0.15, 0.2) is 0 Å². The van der Waals surface area contributed by atoms with Gasteiger partial charge in [0.05, 0.1) is 12.3 Å². The number of rotatable bonds is 4. The van der Waals surface area contributed by atoms with Gasteiger partial charge in [0.25, 0.3) is 5.91 Å². The Kier molecular flexibility index (Phi) is 5.70. The lowest BCUT2D eigenvalue weighted by atomic mass is 10.0. The molecule has 0 saturated heterocycles. The number of carbonyl (C=O) groups excluding carboxylic acids is 1. The van der Waals surface area contributed by atoms with Crippen LogP contribution in [-0.4, -0.2) is 33.2 Å². The molecule has 0 atom stereocenters. The molecule has 0 radical (unpaired) electrons. The van der Waals surface area contributed by atoms with Crippen molar-refractivity contribution in [1.29, 1.82) is 0 Å². The Hall–Kier alpha value is -1.88. The summed E-state index contributed by atoms with van der Waals surface area (Å²) in [7, 11) is -3.58. The Balaban J connectivity index is 2.78. The number of nitrogens with two attached hydrogens (primary N) is 2. The fourth-order valence-electron chi connectivity index (χ4n) is 1.45. The van der Waals surface area contributed by atoms with Crippen molar-refractivity contribution in [3.8, 4) is 11.8 Å². The molecule has 0 saturated carbocycles. The molecule has 0 aliphatic heterocycles. The van der Waals surface area contributed by atoms with E-state index < -0.39 is 10.0 Å². The summed E-state index contributed by atoms with van der Waals surface area (Å²) in [6, 6.07) is 5.06. The SMILES string of the molecule is Cc1ccc(C(=O)NCCS(N)(=O)=O)cc1C#CCN. The van der Waals surface area contributed by atoms with E-state index in [0.29, 0.717) is 5.56 Å². The molecule has 0 bridgehead atoms. The molecule has 1 aromatic rings. The van der Waals surface area contributed by atoms with E-state index >= 15 is 0 Å². The van der Waals surface area contributed by atoms with Crippen molar-refractivity contribution in [2.45, 2.75) is 6.92 Å². The Morgan fingerprint density at radius 1 is 1.40 bits per heavy atom. The van der Waals surface area contributed by atoms with Gasteiger partial charge in [0.1, 0.15) is 0 Å². The van der Waals surface area contributed by atoms with Crippen LogP contribution in [-0.2, 0) is 10.0 Å². The van der Waals surface area contributed by atoms with Gasteiger partial charge >= 0.3 is 0 Å². The van der Waals surface area contributed by atoms with E-state index in [0.717, 1.165) is 11.1 Å². The minimum atomic E-state index is -3.58. The molecule has 1 rings (SSSR count). The van der Waals surface area contributed by atoms with Crippen LogP contribution >= 0.6 is 0 Å². The molecule has 20 heavy (non-hydrogen) atoms. The molecule has 1 aromatic carbocycles. The highest BCUT2D eigenvalue weighted by Crippen LogP contribution is 2.10. The third kappa shape index (κ3) is 5.40. The van der Waals surface area contributed by atoms with Gasteiger partial charge in [-0.15, -0.1) is 0 Å². The van der Waals surface area contributed by atoms with Crippen molar-refractivity contribution in [2.24, 2.45) is 10.9 Å². The zero-order valence-corrected chi connectivity index (χ0v) is 12.0. The second-order valence-corrected chi connectivity index (χ2v) is 5.89. The van der Waals surface area contributed by atoms with Gasteiger partial charge < -0.3 is 11.1 Å². The van der Waals surface area contributed by atoms with Gasteiger partial charge in [-0.1, -0.05) is 17.9 Å². The molecule has 0 spiro atoms. The number of nitrogens with one attached hydrogen (secondary N) is 1. The van der Waals surface area contributed by atoms with Crippen molar-refractivity contribution < 1.29 is 13.2 Å². The minimum absolute atomic E-state index is 0.0324. The Bertz CT molecular complexity index is 657. The van der Waals surface area contributed by atoms with E-state index in [1.807, 2.05) is 6.92 Å². The summed E-state index contributed by atoms with van der Waals surface area (Å²) < 4.78 is 21.5. The number of aryl methyl sites for hydroxylation is 1. The molecule has 0 heterocycles. The van der Waals surface area contributed by atoms with Gasteiger partial charge in [0, 0.05) is 17.7 Å². The summed E-state index contributed by atoms with van der Waals surface area (Å²) >= 11 is 0. The number of amides is 1. The number of primary sulfonamides is 1. The maximum Gasteiger partial charge on any atom is 0.251 e. The Morgan fingerprint density at radius 3 is 2.70 bits per heavy atom. The monoisotopic (exact) mass is 295 g/mol.